The summed E-state index contributed by atoms with van der Waals surface area (Å²) in [6.45, 7) is 7.19. The number of nitrogens with two attached hydrogens (primary N) is 1. The molecular weight excluding hydrogens is 258 g/mol. The Morgan fingerprint density at radius 3 is 2.29 bits per heavy atom. The van der Waals surface area contributed by atoms with Gasteiger partial charge in [-0.05, 0) is 18.1 Å². The smallest absolute Gasteiger partial charge is 0.124 e. The van der Waals surface area contributed by atoms with E-state index < -0.39 is 0 Å². The van der Waals surface area contributed by atoms with Crippen molar-refractivity contribution in [1.29, 1.82) is 0 Å². The summed E-state index contributed by atoms with van der Waals surface area (Å²) in [5, 5.41) is 0. The highest BCUT2D eigenvalue weighted by molar-refractivity contribution is 5.40. The molecule has 2 N–H and O–H groups in total. The van der Waals surface area contributed by atoms with Gasteiger partial charge in [0, 0.05) is 17.0 Å². The lowest BCUT2D eigenvalue weighted by molar-refractivity contribution is 0.305. The number of hydrogen-bond acceptors (Lipinski definition) is 2. The monoisotopic (exact) mass is 283 g/mol. The van der Waals surface area contributed by atoms with Crippen molar-refractivity contribution in [2.45, 2.75) is 38.6 Å². The molecule has 0 aliphatic carbocycles. The molecule has 0 aliphatic heterocycles. The Labute approximate surface area is 127 Å². The predicted molar refractivity (Wildman–Crippen MR) is 88.6 cm³/mol. The normalized spacial score (nSPS) is 13.0. The minimum atomic E-state index is -0.160. The van der Waals surface area contributed by atoms with Crippen LogP contribution in [0.3, 0.4) is 0 Å². The van der Waals surface area contributed by atoms with Gasteiger partial charge in [-0.15, -0.1) is 0 Å². The van der Waals surface area contributed by atoms with Gasteiger partial charge in [0.25, 0.3) is 0 Å². The van der Waals surface area contributed by atoms with Crippen LogP contribution in [0, 0.1) is 0 Å². The first-order chi connectivity index (χ1) is 10.1. The van der Waals surface area contributed by atoms with Gasteiger partial charge in [0.1, 0.15) is 5.75 Å². The molecule has 0 saturated carbocycles. The molecule has 0 radical (unpaired) electrons. The van der Waals surface area contributed by atoms with E-state index in [1.165, 1.54) is 5.56 Å². The highest BCUT2D eigenvalue weighted by Crippen LogP contribution is 2.38. The van der Waals surface area contributed by atoms with E-state index in [2.05, 4.69) is 51.1 Å². The fourth-order valence-corrected chi connectivity index (χ4v) is 2.52. The van der Waals surface area contributed by atoms with E-state index in [4.69, 9.17) is 10.5 Å². The van der Waals surface area contributed by atoms with E-state index in [0.29, 0.717) is 0 Å². The summed E-state index contributed by atoms with van der Waals surface area (Å²) in [4.78, 5) is 0. The highest BCUT2D eigenvalue weighted by Gasteiger charge is 2.31. The van der Waals surface area contributed by atoms with Crippen molar-refractivity contribution in [3.05, 3.63) is 65.7 Å². The summed E-state index contributed by atoms with van der Waals surface area (Å²) in [6.07, 6.45) is 0.992. The Bertz CT molecular complexity index is 563. The minimum absolute atomic E-state index is 0.118. The molecule has 2 aromatic rings. The molecule has 0 aromatic heterocycles. The van der Waals surface area contributed by atoms with Crippen LogP contribution in [-0.4, -0.2) is 6.61 Å². The lowest BCUT2D eigenvalue weighted by Crippen LogP contribution is -2.33. The SMILES string of the molecule is CCCOc1ccccc1C(N)C(C)(C)c1ccccc1. The summed E-state index contributed by atoms with van der Waals surface area (Å²) in [5.74, 6) is 0.899. The molecule has 2 rings (SSSR count). The second-order valence-corrected chi connectivity index (χ2v) is 5.95. The third kappa shape index (κ3) is 3.45. The van der Waals surface area contributed by atoms with Crippen LogP contribution < -0.4 is 10.5 Å². The zero-order valence-electron chi connectivity index (χ0n) is 13.2. The lowest BCUT2D eigenvalue weighted by atomic mass is 9.75. The van der Waals surface area contributed by atoms with Gasteiger partial charge in [-0.25, -0.2) is 0 Å². The average Bonchev–Trinajstić information content (AvgIpc) is 2.53. The van der Waals surface area contributed by atoms with Crippen LogP contribution in [0.4, 0.5) is 0 Å². The Kier molecular flexibility index (Phi) is 5.03. The van der Waals surface area contributed by atoms with Gasteiger partial charge in [-0.1, -0.05) is 69.3 Å². The number of rotatable bonds is 6. The second-order valence-electron chi connectivity index (χ2n) is 5.95. The van der Waals surface area contributed by atoms with Gasteiger partial charge < -0.3 is 10.5 Å². The van der Waals surface area contributed by atoms with E-state index in [0.717, 1.165) is 24.3 Å². The van der Waals surface area contributed by atoms with E-state index in [-0.39, 0.29) is 11.5 Å². The maximum Gasteiger partial charge on any atom is 0.124 e. The predicted octanol–water partition coefficient (Wildman–Crippen LogP) is 4.45. The molecular formula is C19H25NO. The van der Waals surface area contributed by atoms with E-state index in [9.17, 15) is 0 Å². The summed E-state index contributed by atoms with van der Waals surface area (Å²) in [6, 6.07) is 18.4. The molecule has 0 bridgehead atoms. The molecule has 0 amide bonds. The Balaban J connectivity index is 2.33. The third-order valence-corrected chi connectivity index (χ3v) is 4.01. The average molecular weight is 283 g/mol. The van der Waals surface area contributed by atoms with Gasteiger partial charge in [0.15, 0.2) is 0 Å². The number of benzene rings is 2. The van der Waals surface area contributed by atoms with Gasteiger partial charge >= 0.3 is 0 Å². The first-order valence-corrected chi connectivity index (χ1v) is 7.60. The highest BCUT2D eigenvalue weighted by atomic mass is 16.5. The molecule has 2 heteroatoms. The molecule has 1 unspecified atom stereocenters. The van der Waals surface area contributed by atoms with Crippen LogP contribution in [0.2, 0.25) is 0 Å². The first kappa shape index (κ1) is 15.6. The molecule has 2 aromatic carbocycles. The summed E-state index contributed by atoms with van der Waals surface area (Å²) in [7, 11) is 0. The Morgan fingerprint density at radius 2 is 1.62 bits per heavy atom. The quantitative estimate of drug-likeness (QED) is 0.850. The van der Waals surface area contributed by atoms with Crippen molar-refractivity contribution >= 4 is 0 Å². The second kappa shape index (κ2) is 6.77. The maximum absolute atomic E-state index is 6.60. The van der Waals surface area contributed by atoms with Gasteiger partial charge in [-0.3, -0.25) is 0 Å². The van der Waals surface area contributed by atoms with Gasteiger partial charge in [-0.2, -0.15) is 0 Å². The van der Waals surface area contributed by atoms with E-state index in [1.54, 1.807) is 0 Å². The topological polar surface area (TPSA) is 35.2 Å². The molecule has 2 nitrogen and oxygen atoms in total. The van der Waals surface area contributed by atoms with Crippen molar-refractivity contribution in [2.75, 3.05) is 6.61 Å². The van der Waals surface area contributed by atoms with Crippen molar-refractivity contribution in [3.8, 4) is 5.75 Å². The molecule has 0 fully saturated rings. The molecule has 21 heavy (non-hydrogen) atoms. The number of para-hydroxylation sites is 1. The first-order valence-electron chi connectivity index (χ1n) is 7.60. The van der Waals surface area contributed by atoms with Crippen molar-refractivity contribution < 1.29 is 4.74 Å². The van der Waals surface area contributed by atoms with Crippen LogP contribution >= 0.6 is 0 Å². The largest absolute Gasteiger partial charge is 0.493 e. The van der Waals surface area contributed by atoms with Crippen LogP contribution in [-0.2, 0) is 5.41 Å². The molecule has 0 spiro atoms. The summed E-state index contributed by atoms with van der Waals surface area (Å²) >= 11 is 0. The molecule has 112 valence electrons. The molecule has 0 aliphatic rings. The Morgan fingerprint density at radius 1 is 1.00 bits per heavy atom. The standard InChI is InChI=1S/C19H25NO/c1-4-14-21-17-13-9-8-12-16(17)18(20)19(2,3)15-10-6-5-7-11-15/h5-13,18H,4,14,20H2,1-3H3. The van der Waals surface area contributed by atoms with Crippen molar-refractivity contribution in [1.82, 2.24) is 0 Å². The summed E-state index contributed by atoms with van der Waals surface area (Å²) < 4.78 is 5.86. The van der Waals surface area contributed by atoms with Crippen LogP contribution in [0.15, 0.2) is 54.6 Å². The van der Waals surface area contributed by atoms with Gasteiger partial charge in [0.2, 0.25) is 0 Å². The number of hydrogen-bond donors (Lipinski definition) is 1. The maximum atomic E-state index is 6.60. The van der Waals surface area contributed by atoms with Gasteiger partial charge in [0.05, 0.1) is 6.61 Å². The van der Waals surface area contributed by atoms with Crippen molar-refractivity contribution in [2.24, 2.45) is 5.73 Å². The van der Waals surface area contributed by atoms with Crippen LogP contribution in [0.1, 0.15) is 44.4 Å². The fourth-order valence-electron chi connectivity index (χ4n) is 2.52. The zero-order chi connectivity index (χ0) is 15.3. The van der Waals surface area contributed by atoms with Crippen LogP contribution in [0.25, 0.3) is 0 Å². The lowest BCUT2D eigenvalue weighted by Gasteiger charge is -2.33. The summed E-state index contributed by atoms with van der Waals surface area (Å²) in [5.41, 5.74) is 8.75. The Hall–Kier alpha value is -1.80. The molecule has 0 saturated heterocycles. The molecule has 0 heterocycles. The zero-order valence-corrected chi connectivity index (χ0v) is 13.2. The number of ether oxygens (including phenoxy) is 1. The molecule has 1 atom stereocenters. The van der Waals surface area contributed by atoms with E-state index in [1.807, 2.05) is 24.3 Å². The fraction of sp³-hybridized carbons (Fsp3) is 0.368. The van der Waals surface area contributed by atoms with Crippen molar-refractivity contribution in [3.63, 3.8) is 0 Å². The van der Waals surface area contributed by atoms with Crippen LogP contribution in [0.5, 0.6) is 5.75 Å². The van der Waals surface area contributed by atoms with E-state index >= 15 is 0 Å². The third-order valence-electron chi connectivity index (χ3n) is 4.01. The minimum Gasteiger partial charge on any atom is -0.493 e.